The Hall–Kier alpha value is -2.07. The maximum Gasteiger partial charge on any atom is 0.335 e. The molecule has 0 spiro atoms. The molecule has 3 heterocycles. The molecule has 0 saturated carbocycles. The fraction of sp³-hybridized carbons (Fsp3) is 0.667. The van der Waals surface area contributed by atoms with Crippen LogP contribution in [0.4, 0.5) is 0 Å². The second kappa shape index (κ2) is 12.9. The molecule has 10 nitrogen and oxygen atoms in total. The molecule has 1 aromatic carbocycles. The van der Waals surface area contributed by atoms with Gasteiger partial charge >= 0.3 is 22.8 Å². The van der Waals surface area contributed by atoms with Gasteiger partial charge in [0, 0.05) is 19.4 Å². The highest BCUT2D eigenvalue weighted by Gasteiger charge is 2.62. The number of nitrogens with zero attached hydrogens (tertiary/aromatic N) is 2. The third-order valence-corrected chi connectivity index (χ3v) is 19.0. The Kier molecular flexibility index (Phi) is 10.1. The van der Waals surface area contributed by atoms with Crippen LogP contribution in [-0.2, 0) is 29.0 Å². The van der Waals surface area contributed by atoms with Gasteiger partial charge in [-0.2, -0.15) is 0 Å². The van der Waals surface area contributed by atoms with Crippen LogP contribution < -0.4 is 16.0 Å². The van der Waals surface area contributed by atoms with Crippen molar-refractivity contribution in [2.75, 3.05) is 20.8 Å². The minimum Gasteiger partial charge on any atom is -0.497 e. The average molecular weight is 621 g/mol. The molecule has 0 N–H and O–H groups in total. The lowest BCUT2D eigenvalue weighted by atomic mass is 10.1. The Morgan fingerprint density at radius 2 is 1.48 bits per heavy atom. The van der Waals surface area contributed by atoms with Gasteiger partial charge in [-0.1, -0.05) is 67.5 Å². The van der Waals surface area contributed by atoms with Crippen LogP contribution in [0.15, 0.2) is 46.1 Å². The molecule has 2 aliphatic rings. The smallest absolute Gasteiger partial charge is 0.335 e. The monoisotopic (exact) mass is 620 g/mol. The van der Waals surface area contributed by atoms with Crippen molar-refractivity contribution in [1.82, 2.24) is 9.13 Å². The van der Waals surface area contributed by atoms with Gasteiger partial charge in [0.25, 0.3) is 5.56 Å². The standard InChI is InChI=1S/C30H48N2O8Si2/c1-19(2)41(20(3)4)37-18-25-27(39-42(40-41,21(5)6)22(7)8)28(36-10)29(38-25)32-26(33)15-16-31(30(32)34)17-23-11-13-24(35-9)14-12-23/h11-16,19-22,25,27-29H,17-18H2,1-10H3/t25-,27-,28-,29-/m1/s1. The van der Waals surface area contributed by atoms with E-state index in [4.69, 9.17) is 27.2 Å². The summed E-state index contributed by atoms with van der Waals surface area (Å²) in [4.78, 5) is 27.1. The first kappa shape index (κ1) is 32.8. The maximum atomic E-state index is 13.8. The summed E-state index contributed by atoms with van der Waals surface area (Å²) < 4.78 is 41.7. The zero-order chi connectivity index (χ0) is 31.0. The van der Waals surface area contributed by atoms with Crippen LogP contribution in [0.2, 0.25) is 22.2 Å². The van der Waals surface area contributed by atoms with Gasteiger partial charge in [0.2, 0.25) is 0 Å². The zero-order valence-corrected chi connectivity index (χ0v) is 28.7. The van der Waals surface area contributed by atoms with E-state index in [2.05, 4.69) is 55.4 Å². The van der Waals surface area contributed by atoms with Crippen LogP contribution in [0, 0.1) is 0 Å². The fourth-order valence-corrected chi connectivity index (χ4v) is 17.6. The van der Waals surface area contributed by atoms with E-state index in [1.807, 2.05) is 24.3 Å². The number of hydrogen-bond acceptors (Lipinski definition) is 8. The van der Waals surface area contributed by atoms with E-state index in [-0.39, 0.29) is 35.3 Å². The molecular weight excluding hydrogens is 573 g/mol. The molecule has 4 atom stereocenters. The normalized spacial score (nSPS) is 25.6. The number of benzene rings is 1. The van der Waals surface area contributed by atoms with Gasteiger partial charge in [0.1, 0.15) is 24.1 Å². The minimum absolute atomic E-state index is 0.113. The summed E-state index contributed by atoms with van der Waals surface area (Å²) in [6, 6.07) is 8.84. The fourth-order valence-electron chi connectivity index (χ4n) is 6.39. The van der Waals surface area contributed by atoms with Crippen molar-refractivity contribution in [2.24, 2.45) is 0 Å². The highest BCUT2D eigenvalue weighted by Crippen LogP contribution is 2.48. The van der Waals surface area contributed by atoms with Crippen LogP contribution >= 0.6 is 0 Å². The molecule has 4 rings (SSSR count). The second-order valence-electron chi connectivity index (χ2n) is 12.6. The lowest BCUT2D eigenvalue weighted by molar-refractivity contribution is -0.0658. The van der Waals surface area contributed by atoms with E-state index >= 15 is 0 Å². The summed E-state index contributed by atoms with van der Waals surface area (Å²) in [7, 11) is -2.57. The van der Waals surface area contributed by atoms with E-state index in [1.54, 1.807) is 14.2 Å². The quantitative estimate of drug-likeness (QED) is 0.364. The topological polar surface area (TPSA) is 99.4 Å². The van der Waals surface area contributed by atoms with Crippen molar-refractivity contribution in [3.8, 4) is 5.75 Å². The molecule has 1 aromatic heterocycles. The van der Waals surface area contributed by atoms with Gasteiger partial charge in [0.15, 0.2) is 6.23 Å². The van der Waals surface area contributed by atoms with Crippen LogP contribution in [0.25, 0.3) is 0 Å². The number of fused-ring (bicyclic) bond motifs is 1. The summed E-state index contributed by atoms with van der Waals surface area (Å²) in [5, 5.41) is 0. The summed E-state index contributed by atoms with van der Waals surface area (Å²) in [5.41, 5.74) is 0.528. The predicted octanol–water partition coefficient (Wildman–Crippen LogP) is 4.94. The molecule has 2 fully saturated rings. The molecule has 0 aliphatic carbocycles. The third kappa shape index (κ3) is 5.86. The summed E-state index contributed by atoms with van der Waals surface area (Å²) in [5.74, 6) is 0.725. The van der Waals surface area contributed by atoms with Crippen LogP contribution in [0.5, 0.6) is 5.75 Å². The first-order chi connectivity index (χ1) is 19.8. The van der Waals surface area contributed by atoms with Crippen molar-refractivity contribution < 1.29 is 27.2 Å². The molecule has 2 aromatic rings. The van der Waals surface area contributed by atoms with Gasteiger partial charge in [0.05, 0.1) is 20.3 Å². The summed E-state index contributed by atoms with van der Waals surface area (Å²) in [6.45, 7) is 17.8. The Morgan fingerprint density at radius 1 is 0.881 bits per heavy atom. The van der Waals surface area contributed by atoms with Gasteiger partial charge < -0.3 is 27.2 Å². The molecule has 2 aliphatic heterocycles. The van der Waals surface area contributed by atoms with E-state index in [0.717, 1.165) is 15.9 Å². The van der Waals surface area contributed by atoms with E-state index in [9.17, 15) is 9.59 Å². The molecule has 42 heavy (non-hydrogen) atoms. The zero-order valence-electron chi connectivity index (χ0n) is 26.7. The van der Waals surface area contributed by atoms with Crippen molar-refractivity contribution in [3.05, 3.63) is 62.9 Å². The van der Waals surface area contributed by atoms with Crippen molar-refractivity contribution >= 4 is 17.1 Å². The van der Waals surface area contributed by atoms with Gasteiger partial charge in [-0.25, -0.2) is 9.36 Å². The number of aromatic nitrogens is 2. The van der Waals surface area contributed by atoms with Gasteiger partial charge in [-0.05, 0) is 39.9 Å². The molecule has 12 heteroatoms. The summed E-state index contributed by atoms with van der Waals surface area (Å²) >= 11 is 0. The predicted molar refractivity (Wildman–Crippen MR) is 166 cm³/mol. The molecular formula is C30H48N2O8Si2. The highest BCUT2D eigenvalue weighted by atomic mass is 28.5. The molecule has 0 unspecified atom stereocenters. The Labute approximate surface area is 251 Å². The number of rotatable bonds is 9. The SMILES string of the molecule is COc1ccc(Cn2ccc(=O)n([C@@H]3O[C@@H]4CO[Si](C(C)C)(C(C)C)O[Si](C(C)C)(C(C)C)O[C@H]4[C@H]3OC)c2=O)cc1. The molecule has 234 valence electrons. The maximum absolute atomic E-state index is 13.8. The molecule has 0 amide bonds. The van der Waals surface area contributed by atoms with Gasteiger partial charge in [-0.15, -0.1) is 0 Å². The molecule has 2 saturated heterocycles. The van der Waals surface area contributed by atoms with Gasteiger partial charge in [-0.3, -0.25) is 9.36 Å². The highest BCUT2D eigenvalue weighted by molar-refractivity contribution is 6.84. The Bertz CT molecular complexity index is 1310. The molecule has 0 bridgehead atoms. The first-order valence-corrected chi connectivity index (χ1v) is 18.9. The number of ether oxygens (including phenoxy) is 3. The van der Waals surface area contributed by atoms with E-state index in [1.165, 1.54) is 16.8 Å². The first-order valence-electron chi connectivity index (χ1n) is 15.0. The molecule has 0 radical (unpaired) electrons. The lowest BCUT2D eigenvalue weighted by Gasteiger charge is -2.51. The number of methoxy groups -OCH3 is 2. The van der Waals surface area contributed by atoms with E-state index < -0.39 is 52.9 Å². The third-order valence-electron chi connectivity index (χ3n) is 8.74. The number of hydrogen-bond donors (Lipinski definition) is 0. The van der Waals surface area contributed by atoms with E-state index in [0.29, 0.717) is 0 Å². The van der Waals surface area contributed by atoms with Crippen LogP contribution in [0.1, 0.15) is 67.2 Å². The van der Waals surface area contributed by atoms with Crippen LogP contribution in [-0.4, -0.2) is 65.4 Å². The van der Waals surface area contributed by atoms with Crippen molar-refractivity contribution in [1.29, 1.82) is 0 Å². The lowest BCUT2D eigenvalue weighted by Crippen LogP contribution is -2.66. The van der Waals surface area contributed by atoms with Crippen molar-refractivity contribution in [3.63, 3.8) is 0 Å². The Balaban J connectivity index is 1.77. The van der Waals surface area contributed by atoms with Crippen molar-refractivity contribution in [2.45, 2.75) is 109 Å². The minimum atomic E-state index is -2.96. The second-order valence-corrected chi connectivity index (χ2v) is 21.5. The average Bonchev–Trinajstić information content (AvgIpc) is 3.25. The Morgan fingerprint density at radius 3 is 2.00 bits per heavy atom. The summed E-state index contributed by atoms with van der Waals surface area (Å²) in [6.07, 6.45) is -1.32. The largest absolute Gasteiger partial charge is 0.497 e. The van der Waals surface area contributed by atoms with Crippen LogP contribution in [0.3, 0.4) is 0 Å².